The molecule has 2 aromatic carbocycles. The van der Waals surface area contributed by atoms with Gasteiger partial charge >= 0.3 is 0 Å². The van der Waals surface area contributed by atoms with Gasteiger partial charge in [-0.25, -0.2) is 0 Å². The van der Waals surface area contributed by atoms with Crippen molar-refractivity contribution in [2.75, 3.05) is 36.5 Å². The predicted molar refractivity (Wildman–Crippen MR) is 129 cm³/mol. The summed E-state index contributed by atoms with van der Waals surface area (Å²) in [5.41, 5.74) is 3.52. The number of carbonyl (C=O) groups is 3. The number of benzene rings is 2. The van der Waals surface area contributed by atoms with Crippen LogP contribution in [0.15, 0.2) is 42.5 Å². The number of ether oxygens (including phenoxy) is 2. The van der Waals surface area contributed by atoms with Crippen molar-refractivity contribution in [2.24, 2.45) is 5.92 Å². The summed E-state index contributed by atoms with van der Waals surface area (Å²) in [5, 5.41) is 5.78. The molecule has 0 aromatic heterocycles. The maximum atomic E-state index is 12.5. The van der Waals surface area contributed by atoms with E-state index in [0.29, 0.717) is 24.5 Å². The molecule has 2 saturated heterocycles. The molecular formula is C26H31N3O5. The van der Waals surface area contributed by atoms with Crippen molar-refractivity contribution in [2.45, 2.75) is 39.2 Å². The number of anilines is 2. The molecule has 0 unspecified atom stereocenters. The van der Waals surface area contributed by atoms with Crippen LogP contribution in [-0.4, -0.2) is 50.1 Å². The molecule has 2 aliphatic heterocycles. The summed E-state index contributed by atoms with van der Waals surface area (Å²) in [6.45, 7) is 5.36. The average molecular weight is 466 g/mol. The van der Waals surface area contributed by atoms with E-state index in [2.05, 4.69) is 10.6 Å². The first kappa shape index (κ1) is 23.8. The van der Waals surface area contributed by atoms with E-state index in [4.69, 9.17) is 9.47 Å². The molecule has 2 N–H and O–H groups in total. The van der Waals surface area contributed by atoms with Gasteiger partial charge in [-0.1, -0.05) is 12.1 Å². The molecule has 0 saturated carbocycles. The van der Waals surface area contributed by atoms with E-state index < -0.39 is 0 Å². The van der Waals surface area contributed by atoms with Crippen molar-refractivity contribution in [3.8, 4) is 5.75 Å². The molecule has 4 rings (SSSR count). The molecule has 2 atom stereocenters. The van der Waals surface area contributed by atoms with Crippen molar-refractivity contribution in [1.82, 2.24) is 5.32 Å². The topological polar surface area (TPSA) is 97.0 Å². The Hall–Kier alpha value is -3.39. The second-order valence-corrected chi connectivity index (χ2v) is 8.93. The van der Waals surface area contributed by atoms with Crippen LogP contribution in [0.1, 0.15) is 30.4 Å². The SMILES string of the molecule is Cc1ccc(C)c(NC(=O)COc2ccc(N3C[C@H](C(=O)NC[C@@H]4CCCO4)CC3=O)cc2)c1. The molecule has 34 heavy (non-hydrogen) atoms. The van der Waals surface area contributed by atoms with Crippen molar-refractivity contribution in [1.29, 1.82) is 0 Å². The van der Waals surface area contributed by atoms with Crippen molar-refractivity contribution in [3.05, 3.63) is 53.6 Å². The van der Waals surface area contributed by atoms with Gasteiger partial charge in [0.2, 0.25) is 11.8 Å². The van der Waals surface area contributed by atoms with E-state index >= 15 is 0 Å². The quantitative estimate of drug-likeness (QED) is 0.625. The lowest BCUT2D eigenvalue weighted by atomic mass is 10.1. The normalized spacial score (nSPS) is 19.8. The average Bonchev–Trinajstić information content (AvgIpc) is 3.49. The van der Waals surface area contributed by atoms with Crippen LogP contribution in [-0.2, 0) is 19.1 Å². The zero-order chi connectivity index (χ0) is 24.1. The van der Waals surface area contributed by atoms with Crippen LogP contribution < -0.4 is 20.3 Å². The fraction of sp³-hybridized carbons (Fsp3) is 0.423. The zero-order valence-electron chi connectivity index (χ0n) is 19.6. The lowest BCUT2D eigenvalue weighted by Gasteiger charge is -2.18. The first-order chi connectivity index (χ1) is 16.4. The molecule has 2 fully saturated rings. The summed E-state index contributed by atoms with van der Waals surface area (Å²) in [5.74, 6) is -0.291. The Morgan fingerprint density at radius 2 is 1.94 bits per heavy atom. The van der Waals surface area contributed by atoms with Gasteiger partial charge in [0, 0.05) is 37.5 Å². The smallest absolute Gasteiger partial charge is 0.262 e. The van der Waals surface area contributed by atoms with Crippen LogP contribution in [0.2, 0.25) is 0 Å². The number of hydrogen-bond donors (Lipinski definition) is 2. The fourth-order valence-corrected chi connectivity index (χ4v) is 4.22. The molecule has 180 valence electrons. The van der Waals surface area contributed by atoms with E-state index in [-0.39, 0.29) is 42.8 Å². The number of hydrogen-bond acceptors (Lipinski definition) is 5. The van der Waals surface area contributed by atoms with Gasteiger partial charge in [0.25, 0.3) is 5.91 Å². The highest BCUT2D eigenvalue weighted by molar-refractivity contribution is 6.00. The Labute approximate surface area is 199 Å². The van der Waals surface area contributed by atoms with E-state index in [1.54, 1.807) is 29.2 Å². The van der Waals surface area contributed by atoms with Gasteiger partial charge in [-0.05, 0) is 68.1 Å². The molecule has 2 heterocycles. The summed E-state index contributed by atoms with van der Waals surface area (Å²) >= 11 is 0. The fourth-order valence-electron chi connectivity index (χ4n) is 4.22. The van der Waals surface area contributed by atoms with Gasteiger partial charge in [0.1, 0.15) is 5.75 Å². The van der Waals surface area contributed by atoms with E-state index in [1.807, 2.05) is 32.0 Å². The first-order valence-electron chi connectivity index (χ1n) is 11.7. The maximum Gasteiger partial charge on any atom is 0.262 e. The van der Waals surface area contributed by atoms with Crippen LogP contribution in [0.25, 0.3) is 0 Å². The first-order valence-corrected chi connectivity index (χ1v) is 11.7. The third-order valence-corrected chi connectivity index (χ3v) is 6.21. The van der Waals surface area contributed by atoms with E-state index in [0.717, 1.165) is 36.3 Å². The van der Waals surface area contributed by atoms with Gasteiger partial charge in [0.15, 0.2) is 6.61 Å². The number of nitrogens with one attached hydrogen (secondary N) is 2. The van der Waals surface area contributed by atoms with Gasteiger partial charge in [0.05, 0.1) is 12.0 Å². The molecule has 0 radical (unpaired) electrons. The molecule has 8 nitrogen and oxygen atoms in total. The molecule has 8 heteroatoms. The lowest BCUT2D eigenvalue weighted by Crippen LogP contribution is -2.37. The predicted octanol–water partition coefficient (Wildman–Crippen LogP) is 2.97. The van der Waals surface area contributed by atoms with Gasteiger partial charge in [-0.2, -0.15) is 0 Å². The summed E-state index contributed by atoms with van der Waals surface area (Å²) in [6, 6.07) is 12.9. The summed E-state index contributed by atoms with van der Waals surface area (Å²) in [7, 11) is 0. The minimum Gasteiger partial charge on any atom is -0.484 e. The molecule has 0 spiro atoms. The summed E-state index contributed by atoms with van der Waals surface area (Å²) in [6.07, 6.45) is 2.24. The van der Waals surface area contributed by atoms with Crippen molar-refractivity contribution in [3.63, 3.8) is 0 Å². The molecular weight excluding hydrogens is 434 g/mol. The monoisotopic (exact) mass is 465 g/mol. The van der Waals surface area contributed by atoms with Crippen molar-refractivity contribution < 1.29 is 23.9 Å². The number of nitrogens with zero attached hydrogens (tertiary/aromatic N) is 1. The van der Waals surface area contributed by atoms with Crippen LogP contribution >= 0.6 is 0 Å². The number of rotatable bonds is 8. The minimum atomic E-state index is -0.376. The number of amides is 3. The highest BCUT2D eigenvalue weighted by atomic mass is 16.5. The molecule has 2 aliphatic rings. The highest BCUT2D eigenvalue weighted by Gasteiger charge is 2.35. The Balaban J connectivity index is 1.26. The molecule has 3 amide bonds. The van der Waals surface area contributed by atoms with Crippen LogP contribution in [0.5, 0.6) is 5.75 Å². The number of aryl methyl sites for hydroxylation is 2. The summed E-state index contributed by atoms with van der Waals surface area (Å²) in [4.78, 5) is 38.9. The highest BCUT2D eigenvalue weighted by Crippen LogP contribution is 2.27. The Bertz CT molecular complexity index is 1050. The second-order valence-electron chi connectivity index (χ2n) is 8.93. The number of carbonyl (C=O) groups excluding carboxylic acids is 3. The Kier molecular flexibility index (Phi) is 7.47. The second kappa shape index (κ2) is 10.7. The zero-order valence-corrected chi connectivity index (χ0v) is 19.6. The third kappa shape index (κ3) is 5.94. The van der Waals surface area contributed by atoms with Crippen LogP contribution in [0.3, 0.4) is 0 Å². The van der Waals surface area contributed by atoms with Gasteiger partial charge in [-0.3, -0.25) is 14.4 Å². The van der Waals surface area contributed by atoms with Crippen LogP contribution in [0.4, 0.5) is 11.4 Å². The van der Waals surface area contributed by atoms with Gasteiger partial charge < -0.3 is 25.0 Å². The Morgan fingerprint density at radius 3 is 2.68 bits per heavy atom. The lowest BCUT2D eigenvalue weighted by molar-refractivity contribution is -0.126. The minimum absolute atomic E-state index is 0.0765. The van der Waals surface area contributed by atoms with Crippen LogP contribution in [0, 0.1) is 19.8 Å². The molecule has 2 aromatic rings. The van der Waals surface area contributed by atoms with E-state index in [1.165, 1.54) is 0 Å². The molecule has 0 bridgehead atoms. The standard InChI is InChI=1S/C26H31N3O5/c1-17-5-6-18(2)23(12-17)28-24(30)16-34-21-9-7-20(8-10-21)29-15-19(13-25(29)31)26(32)27-14-22-4-3-11-33-22/h5-10,12,19,22H,3-4,11,13-16H2,1-2H3,(H,27,32)(H,28,30)/t19-,22+/m1/s1. The maximum absolute atomic E-state index is 12.5. The summed E-state index contributed by atoms with van der Waals surface area (Å²) < 4.78 is 11.1. The molecule has 0 aliphatic carbocycles. The largest absolute Gasteiger partial charge is 0.484 e. The third-order valence-electron chi connectivity index (χ3n) is 6.21. The van der Waals surface area contributed by atoms with E-state index in [9.17, 15) is 14.4 Å². The van der Waals surface area contributed by atoms with Crippen molar-refractivity contribution >= 4 is 29.1 Å². The van der Waals surface area contributed by atoms with Gasteiger partial charge in [-0.15, -0.1) is 0 Å². The Morgan fingerprint density at radius 1 is 1.15 bits per heavy atom.